The van der Waals surface area contributed by atoms with Gasteiger partial charge in [-0.2, -0.15) is 10.2 Å². The molecule has 0 fully saturated rings. The minimum atomic E-state index is -0.0476. The summed E-state index contributed by atoms with van der Waals surface area (Å²) >= 11 is 0. The molecule has 158 valence electrons. The van der Waals surface area contributed by atoms with Crippen LogP contribution in [-0.4, -0.2) is 36.3 Å². The van der Waals surface area contributed by atoms with Crippen LogP contribution in [0.3, 0.4) is 0 Å². The second-order valence-corrected chi connectivity index (χ2v) is 6.68. The number of carbonyl (C=O) groups is 2. The average molecular weight is 408 g/mol. The molecular formula is C23H29N5O2. The second-order valence-electron chi connectivity index (χ2n) is 6.68. The van der Waals surface area contributed by atoms with Gasteiger partial charge < -0.3 is 10.6 Å². The SMILES string of the molecule is C=CCCC(=O)Nc1ccc(N=Nc2ccc(NC(=O)CN(CC)CC)cc2)cc1. The first-order valence-electron chi connectivity index (χ1n) is 10.1. The van der Waals surface area contributed by atoms with Gasteiger partial charge in [-0.1, -0.05) is 19.9 Å². The average Bonchev–Trinajstić information content (AvgIpc) is 2.76. The van der Waals surface area contributed by atoms with Crippen LogP contribution in [0.4, 0.5) is 22.7 Å². The van der Waals surface area contributed by atoms with Gasteiger partial charge in [0.15, 0.2) is 0 Å². The maximum Gasteiger partial charge on any atom is 0.238 e. The minimum Gasteiger partial charge on any atom is -0.326 e. The van der Waals surface area contributed by atoms with Gasteiger partial charge in [0.25, 0.3) is 0 Å². The van der Waals surface area contributed by atoms with E-state index < -0.39 is 0 Å². The molecule has 7 nitrogen and oxygen atoms in total. The van der Waals surface area contributed by atoms with E-state index in [2.05, 4.69) is 32.3 Å². The molecule has 0 aliphatic heterocycles. The lowest BCUT2D eigenvalue weighted by molar-refractivity contribution is -0.117. The van der Waals surface area contributed by atoms with Crippen molar-refractivity contribution in [2.24, 2.45) is 10.2 Å². The van der Waals surface area contributed by atoms with Gasteiger partial charge in [0, 0.05) is 17.8 Å². The summed E-state index contributed by atoms with van der Waals surface area (Å²) in [7, 11) is 0. The Bertz CT molecular complexity index is 856. The van der Waals surface area contributed by atoms with E-state index in [0.717, 1.165) is 18.8 Å². The topological polar surface area (TPSA) is 86.2 Å². The summed E-state index contributed by atoms with van der Waals surface area (Å²) in [6.45, 7) is 9.72. The Balaban J connectivity index is 1.88. The number of carbonyl (C=O) groups excluding carboxylic acids is 2. The normalized spacial score (nSPS) is 10.9. The fourth-order valence-electron chi connectivity index (χ4n) is 2.65. The largest absolute Gasteiger partial charge is 0.326 e. The lowest BCUT2D eigenvalue weighted by Gasteiger charge is -2.17. The van der Waals surface area contributed by atoms with Crippen molar-refractivity contribution in [3.05, 3.63) is 61.2 Å². The predicted molar refractivity (Wildman–Crippen MR) is 122 cm³/mol. The third kappa shape index (κ3) is 7.97. The number of hydrogen-bond donors (Lipinski definition) is 2. The standard InChI is InChI=1S/C23H29N5O2/c1-4-7-8-22(29)24-18-9-13-20(14-10-18)26-27-21-15-11-19(12-16-21)25-23(30)17-28(5-2)6-3/h4,9-16H,1,5-8,17H2,2-3H3,(H,24,29)(H,25,30). The molecule has 0 radical (unpaired) electrons. The fourth-order valence-corrected chi connectivity index (χ4v) is 2.65. The maximum absolute atomic E-state index is 12.1. The number of likely N-dealkylation sites (N-methyl/N-ethyl adjacent to an activating group) is 1. The Morgan fingerprint density at radius 3 is 1.77 bits per heavy atom. The molecule has 0 saturated heterocycles. The zero-order valence-corrected chi connectivity index (χ0v) is 17.6. The van der Waals surface area contributed by atoms with Crippen LogP contribution in [-0.2, 0) is 9.59 Å². The molecule has 0 aliphatic carbocycles. The molecule has 2 aromatic carbocycles. The summed E-state index contributed by atoms with van der Waals surface area (Å²) in [6, 6.07) is 14.3. The number of nitrogens with zero attached hydrogens (tertiary/aromatic N) is 3. The first-order chi connectivity index (χ1) is 14.5. The monoisotopic (exact) mass is 407 g/mol. The summed E-state index contributed by atoms with van der Waals surface area (Å²) in [5, 5.41) is 14.1. The zero-order valence-electron chi connectivity index (χ0n) is 17.6. The van der Waals surface area contributed by atoms with E-state index in [1.807, 2.05) is 13.8 Å². The Labute approximate surface area is 177 Å². The van der Waals surface area contributed by atoms with E-state index >= 15 is 0 Å². The smallest absolute Gasteiger partial charge is 0.238 e. The number of allylic oxidation sites excluding steroid dienone is 1. The summed E-state index contributed by atoms with van der Waals surface area (Å²) < 4.78 is 0. The number of rotatable bonds is 11. The zero-order chi connectivity index (χ0) is 21.8. The van der Waals surface area contributed by atoms with E-state index in [9.17, 15) is 9.59 Å². The number of amides is 2. The van der Waals surface area contributed by atoms with Crippen LogP contribution in [0.1, 0.15) is 26.7 Å². The van der Waals surface area contributed by atoms with Crippen molar-refractivity contribution in [3.63, 3.8) is 0 Å². The number of azo groups is 1. The van der Waals surface area contributed by atoms with Gasteiger partial charge in [-0.25, -0.2) is 0 Å². The van der Waals surface area contributed by atoms with Crippen molar-refractivity contribution >= 4 is 34.6 Å². The van der Waals surface area contributed by atoms with Gasteiger partial charge in [-0.05, 0) is 68.0 Å². The van der Waals surface area contributed by atoms with Gasteiger partial charge in [0.2, 0.25) is 11.8 Å². The highest BCUT2D eigenvalue weighted by atomic mass is 16.2. The van der Waals surface area contributed by atoms with Crippen LogP contribution in [0, 0.1) is 0 Å². The Kier molecular flexibility index (Phi) is 9.40. The molecule has 0 unspecified atom stereocenters. The quantitative estimate of drug-likeness (QED) is 0.392. The lowest BCUT2D eigenvalue weighted by atomic mass is 10.2. The fraction of sp³-hybridized carbons (Fsp3) is 0.304. The highest BCUT2D eigenvalue weighted by molar-refractivity contribution is 5.92. The first-order valence-corrected chi connectivity index (χ1v) is 10.1. The molecule has 0 spiro atoms. The second kappa shape index (κ2) is 12.3. The van der Waals surface area contributed by atoms with Crippen molar-refractivity contribution in [1.29, 1.82) is 0 Å². The van der Waals surface area contributed by atoms with Crippen LogP contribution in [0.2, 0.25) is 0 Å². The van der Waals surface area contributed by atoms with Gasteiger partial charge in [-0.15, -0.1) is 6.58 Å². The molecule has 0 aliphatic rings. The van der Waals surface area contributed by atoms with Gasteiger partial charge in [-0.3, -0.25) is 14.5 Å². The number of anilines is 2. The number of hydrogen-bond acceptors (Lipinski definition) is 5. The first kappa shape index (κ1) is 23.0. The molecule has 0 bridgehead atoms. The van der Waals surface area contributed by atoms with E-state index in [0.29, 0.717) is 36.4 Å². The molecule has 2 N–H and O–H groups in total. The van der Waals surface area contributed by atoms with Crippen molar-refractivity contribution in [1.82, 2.24) is 4.90 Å². The van der Waals surface area contributed by atoms with Crippen molar-refractivity contribution < 1.29 is 9.59 Å². The van der Waals surface area contributed by atoms with Crippen molar-refractivity contribution in [2.75, 3.05) is 30.3 Å². The molecule has 2 rings (SSSR count). The van der Waals surface area contributed by atoms with E-state index in [-0.39, 0.29) is 11.8 Å². The van der Waals surface area contributed by atoms with Crippen molar-refractivity contribution in [2.45, 2.75) is 26.7 Å². The lowest BCUT2D eigenvalue weighted by Crippen LogP contribution is -2.32. The Morgan fingerprint density at radius 2 is 1.33 bits per heavy atom. The molecule has 2 aromatic rings. The summed E-state index contributed by atoms with van der Waals surface area (Å²) in [6.07, 6.45) is 2.78. The molecule has 0 saturated carbocycles. The molecule has 0 atom stereocenters. The highest BCUT2D eigenvalue weighted by Gasteiger charge is 2.07. The highest BCUT2D eigenvalue weighted by Crippen LogP contribution is 2.22. The van der Waals surface area contributed by atoms with Crippen LogP contribution in [0.5, 0.6) is 0 Å². The molecule has 2 amide bonds. The maximum atomic E-state index is 12.1. The molecule has 7 heteroatoms. The predicted octanol–water partition coefficient (Wildman–Crippen LogP) is 5.29. The van der Waals surface area contributed by atoms with E-state index in [1.54, 1.807) is 54.6 Å². The summed E-state index contributed by atoms with van der Waals surface area (Å²) in [4.78, 5) is 25.8. The molecule has 30 heavy (non-hydrogen) atoms. The summed E-state index contributed by atoms with van der Waals surface area (Å²) in [5.74, 6) is -0.0849. The van der Waals surface area contributed by atoms with Crippen LogP contribution < -0.4 is 10.6 Å². The molecule has 0 aromatic heterocycles. The molecular weight excluding hydrogens is 378 g/mol. The van der Waals surface area contributed by atoms with Crippen molar-refractivity contribution in [3.8, 4) is 0 Å². The molecule has 0 heterocycles. The van der Waals surface area contributed by atoms with E-state index in [1.165, 1.54) is 0 Å². The summed E-state index contributed by atoms with van der Waals surface area (Å²) in [5.41, 5.74) is 2.80. The van der Waals surface area contributed by atoms with Gasteiger partial charge in [0.05, 0.1) is 17.9 Å². The van der Waals surface area contributed by atoms with E-state index in [4.69, 9.17) is 0 Å². The minimum absolute atomic E-state index is 0.0373. The van der Waals surface area contributed by atoms with Crippen LogP contribution in [0.25, 0.3) is 0 Å². The van der Waals surface area contributed by atoms with Crippen LogP contribution in [0.15, 0.2) is 71.4 Å². The van der Waals surface area contributed by atoms with Gasteiger partial charge >= 0.3 is 0 Å². The van der Waals surface area contributed by atoms with Crippen LogP contribution >= 0.6 is 0 Å². The number of nitrogens with one attached hydrogen (secondary N) is 2. The Morgan fingerprint density at radius 1 is 0.867 bits per heavy atom. The third-order valence-corrected chi connectivity index (χ3v) is 4.42. The third-order valence-electron chi connectivity index (χ3n) is 4.42. The van der Waals surface area contributed by atoms with Gasteiger partial charge in [0.1, 0.15) is 0 Å². The number of benzene rings is 2. The Hall–Kier alpha value is -3.32.